The Kier molecular flexibility index (Phi) is 6.10. The van der Waals surface area contributed by atoms with Crippen molar-refractivity contribution < 1.29 is 18.7 Å². The number of aromatic nitrogens is 3. The number of rotatable bonds is 4. The first-order chi connectivity index (χ1) is 16.5. The molecule has 9 heteroatoms. The Balaban J connectivity index is 1.21. The molecule has 2 aromatic carbocycles. The molecule has 0 aliphatic carbocycles. The van der Waals surface area contributed by atoms with E-state index in [1.165, 1.54) is 17.7 Å². The Bertz CT molecular complexity index is 1180. The van der Waals surface area contributed by atoms with E-state index in [2.05, 4.69) is 17.2 Å². The van der Waals surface area contributed by atoms with E-state index in [-0.39, 0.29) is 36.0 Å². The van der Waals surface area contributed by atoms with Crippen LogP contribution in [0.2, 0.25) is 0 Å². The van der Waals surface area contributed by atoms with Crippen LogP contribution in [0.5, 0.6) is 0 Å². The van der Waals surface area contributed by atoms with Crippen LogP contribution in [0, 0.1) is 5.82 Å². The zero-order valence-electron chi connectivity index (χ0n) is 19.0. The molecule has 0 N–H and O–H groups in total. The number of benzene rings is 2. The first kappa shape index (κ1) is 22.2. The van der Waals surface area contributed by atoms with Gasteiger partial charge in [-0.05, 0) is 41.8 Å². The lowest BCUT2D eigenvalue weighted by Crippen LogP contribution is -2.50. The fraction of sp³-hybridized carbons (Fsp3) is 0.360. The minimum atomic E-state index is -0.301. The van der Waals surface area contributed by atoms with E-state index in [0.29, 0.717) is 44.0 Å². The van der Waals surface area contributed by atoms with E-state index >= 15 is 0 Å². The maximum absolute atomic E-state index is 13.2. The van der Waals surface area contributed by atoms with Crippen LogP contribution in [-0.2, 0) is 24.3 Å². The van der Waals surface area contributed by atoms with Crippen LogP contribution < -0.4 is 0 Å². The summed E-state index contributed by atoms with van der Waals surface area (Å²) in [6.45, 7) is 4.48. The number of piperazine rings is 1. The number of carbonyl (C=O) groups is 2. The van der Waals surface area contributed by atoms with Crippen LogP contribution in [0.4, 0.5) is 4.39 Å². The van der Waals surface area contributed by atoms with Gasteiger partial charge in [0.25, 0.3) is 11.8 Å². The Morgan fingerprint density at radius 2 is 1.62 bits per heavy atom. The molecule has 34 heavy (non-hydrogen) atoms. The molecular weight excluding hydrogens is 437 g/mol. The monoisotopic (exact) mass is 463 g/mol. The largest absolute Gasteiger partial charge is 0.365 e. The molecule has 0 saturated carbocycles. The van der Waals surface area contributed by atoms with Crippen molar-refractivity contribution in [3.63, 3.8) is 0 Å². The van der Waals surface area contributed by atoms with Gasteiger partial charge in [-0.15, -0.1) is 5.10 Å². The van der Waals surface area contributed by atoms with Gasteiger partial charge >= 0.3 is 0 Å². The van der Waals surface area contributed by atoms with Gasteiger partial charge in [0.1, 0.15) is 11.9 Å². The Morgan fingerprint density at radius 1 is 0.971 bits per heavy atom. The number of hydrogen-bond acceptors (Lipinski definition) is 5. The highest BCUT2D eigenvalue weighted by molar-refractivity contribution is 5.95. The molecule has 1 atom stereocenters. The average Bonchev–Trinajstić information content (AvgIpc) is 3.32. The predicted octanol–water partition coefficient (Wildman–Crippen LogP) is 2.85. The molecule has 1 aromatic heterocycles. The van der Waals surface area contributed by atoms with Crippen molar-refractivity contribution in [2.24, 2.45) is 0 Å². The SMILES string of the molecule is CCc1ccc(C(=O)N2CCN(C(=O)c3nnn4c3CO[C@@H](c3ccc(F)cc3)C4)CC2)cc1. The summed E-state index contributed by atoms with van der Waals surface area (Å²) < 4.78 is 20.8. The highest BCUT2D eigenvalue weighted by Crippen LogP contribution is 2.27. The van der Waals surface area contributed by atoms with Gasteiger partial charge in [0.15, 0.2) is 5.69 Å². The van der Waals surface area contributed by atoms with Gasteiger partial charge < -0.3 is 14.5 Å². The van der Waals surface area contributed by atoms with Crippen LogP contribution in [-0.4, -0.2) is 62.8 Å². The van der Waals surface area contributed by atoms with Crippen molar-refractivity contribution in [1.29, 1.82) is 0 Å². The molecule has 2 amide bonds. The fourth-order valence-electron chi connectivity index (χ4n) is 4.38. The number of ether oxygens (including phenoxy) is 1. The van der Waals surface area contributed by atoms with Crippen LogP contribution >= 0.6 is 0 Å². The molecule has 3 heterocycles. The topological polar surface area (TPSA) is 80.6 Å². The average molecular weight is 464 g/mol. The van der Waals surface area contributed by atoms with E-state index in [1.54, 1.807) is 26.6 Å². The third kappa shape index (κ3) is 4.31. The van der Waals surface area contributed by atoms with Crippen molar-refractivity contribution in [3.05, 3.63) is 82.4 Å². The summed E-state index contributed by atoms with van der Waals surface area (Å²) in [5.41, 5.74) is 3.63. The van der Waals surface area contributed by atoms with Gasteiger partial charge in [0, 0.05) is 31.7 Å². The quantitative estimate of drug-likeness (QED) is 0.595. The van der Waals surface area contributed by atoms with Crippen LogP contribution in [0.1, 0.15) is 50.7 Å². The molecular formula is C25H26FN5O3. The molecule has 2 aliphatic heterocycles. The fourth-order valence-corrected chi connectivity index (χ4v) is 4.38. The molecule has 0 unspecified atom stereocenters. The molecule has 1 fully saturated rings. The molecule has 0 spiro atoms. The first-order valence-corrected chi connectivity index (χ1v) is 11.5. The maximum atomic E-state index is 13.2. The van der Waals surface area contributed by atoms with Crippen molar-refractivity contribution in [1.82, 2.24) is 24.8 Å². The normalized spacial score (nSPS) is 18.0. The predicted molar refractivity (Wildman–Crippen MR) is 122 cm³/mol. The second-order valence-corrected chi connectivity index (χ2v) is 8.55. The molecule has 5 rings (SSSR count). The first-order valence-electron chi connectivity index (χ1n) is 11.5. The molecule has 0 bridgehead atoms. The summed E-state index contributed by atoms with van der Waals surface area (Å²) in [5.74, 6) is -0.523. The van der Waals surface area contributed by atoms with Gasteiger partial charge in [-0.25, -0.2) is 9.07 Å². The highest BCUT2D eigenvalue weighted by Gasteiger charge is 2.32. The summed E-state index contributed by atoms with van der Waals surface area (Å²) in [6.07, 6.45) is 0.651. The van der Waals surface area contributed by atoms with Crippen LogP contribution in [0.25, 0.3) is 0 Å². The summed E-state index contributed by atoms with van der Waals surface area (Å²) in [7, 11) is 0. The minimum Gasteiger partial charge on any atom is -0.365 e. The van der Waals surface area contributed by atoms with E-state index < -0.39 is 0 Å². The summed E-state index contributed by atoms with van der Waals surface area (Å²) in [6, 6.07) is 13.8. The Labute approximate surface area is 196 Å². The van der Waals surface area contributed by atoms with Crippen molar-refractivity contribution in [3.8, 4) is 0 Å². The molecule has 8 nitrogen and oxygen atoms in total. The number of amides is 2. The highest BCUT2D eigenvalue weighted by atomic mass is 19.1. The van der Waals surface area contributed by atoms with Gasteiger partial charge in [-0.1, -0.05) is 36.4 Å². The number of halogens is 1. The minimum absolute atomic E-state index is 0.0176. The smallest absolute Gasteiger partial charge is 0.276 e. The van der Waals surface area contributed by atoms with Crippen molar-refractivity contribution in [2.45, 2.75) is 32.6 Å². The molecule has 176 valence electrons. The van der Waals surface area contributed by atoms with Crippen LogP contribution in [0.3, 0.4) is 0 Å². The van der Waals surface area contributed by atoms with E-state index in [4.69, 9.17) is 4.74 Å². The molecule has 2 aliphatic rings. The van der Waals surface area contributed by atoms with E-state index in [9.17, 15) is 14.0 Å². The number of fused-ring (bicyclic) bond motifs is 1. The molecule has 0 radical (unpaired) electrons. The van der Waals surface area contributed by atoms with Crippen molar-refractivity contribution in [2.75, 3.05) is 26.2 Å². The van der Waals surface area contributed by atoms with Crippen LogP contribution in [0.15, 0.2) is 48.5 Å². The molecule has 3 aromatic rings. The van der Waals surface area contributed by atoms with Gasteiger partial charge in [-0.3, -0.25) is 9.59 Å². The second kappa shape index (κ2) is 9.34. The summed E-state index contributed by atoms with van der Waals surface area (Å²) in [5, 5.41) is 8.30. The number of hydrogen-bond donors (Lipinski definition) is 0. The lowest BCUT2D eigenvalue weighted by atomic mass is 10.1. The van der Waals surface area contributed by atoms with Gasteiger partial charge in [0.2, 0.25) is 0 Å². The lowest BCUT2D eigenvalue weighted by molar-refractivity contribution is -0.00206. The standard InChI is InChI=1S/C25H26FN5O3/c1-2-17-3-5-19(6-4-17)24(32)29-11-13-30(14-12-29)25(33)23-21-16-34-22(15-31(21)28-27-23)18-7-9-20(26)10-8-18/h3-10,22H,2,11-16H2,1H3/t22-/m1/s1. The van der Waals surface area contributed by atoms with E-state index in [1.807, 2.05) is 24.3 Å². The third-order valence-corrected chi connectivity index (χ3v) is 6.51. The maximum Gasteiger partial charge on any atom is 0.276 e. The summed E-state index contributed by atoms with van der Waals surface area (Å²) >= 11 is 0. The Morgan fingerprint density at radius 3 is 2.26 bits per heavy atom. The number of aryl methyl sites for hydroxylation is 1. The number of nitrogens with zero attached hydrogens (tertiary/aromatic N) is 5. The Hall–Kier alpha value is -3.59. The van der Waals surface area contributed by atoms with Gasteiger partial charge in [-0.2, -0.15) is 0 Å². The van der Waals surface area contributed by atoms with Gasteiger partial charge in [0.05, 0.1) is 18.8 Å². The second-order valence-electron chi connectivity index (χ2n) is 8.55. The van der Waals surface area contributed by atoms with E-state index in [0.717, 1.165) is 12.0 Å². The zero-order valence-corrected chi connectivity index (χ0v) is 19.0. The summed E-state index contributed by atoms with van der Waals surface area (Å²) in [4.78, 5) is 29.5. The third-order valence-electron chi connectivity index (χ3n) is 6.51. The van der Waals surface area contributed by atoms with Crippen molar-refractivity contribution >= 4 is 11.8 Å². The zero-order chi connectivity index (χ0) is 23.7. The lowest BCUT2D eigenvalue weighted by Gasteiger charge is -2.34. The number of carbonyl (C=O) groups excluding carboxylic acids is 2. The molecule has 1 saturated heterocycles.